The fraction of sp³-hybridized carbons (Fsp3) is 0.300. The monoisotopic (exact) mass is 413 g/mol. The van der Waals surface area contributed by atoms with Crippen molar-refractivity contribution in [3.63, 3.8) is 0 Å². The standard InChI is InChI=1S/C20H19N3O7/c1-28-13-7-12(8-14(9-13)29-2)22-19(24)15-10-17(21-3-5-30-6-4-21)18(23(26)27)11-16(15)20(22)25/h7-11H,3-6H2,1-2H3. The van der Waals surface area contributed by atoms with Crippen molar-refractivity contribution < 1.29 is 28.7 Å². The van der Waals surface area contributed by atoms with Gasteiger partial charge in [-0.05, 0) is 6.07 Å². The molecule has 0 radical (unpaired) electrons. The van der Waals surface area contributed by atoms with E-state index in [2.05, 4.69) is 0 Å². The first-order valence-corrected chi connectivity index (χ1v) is 9.21. The molecule has 1 fully saturated rings. The summed E-state index contributed by atoms with van der Waals surface area (Å²) >= 11 is 0. The number of hydrogen-bond acceptors (Lipinski definition) is 8. The van der Waals surface area contributed by atoms with Crippen LogP contribution in [0.25, 0.3) is 0 Å². The molecule has 0 saturated carbocycles. The molecule has 10 nitrogen and oxygen atoms in total. The lowest BCUT2D eigenvalue weighted by Gasteiger charge is -2.28. The molecule has 2 aliphatic rings. The van der Waals surface area contributed by atoms with Gasteiger partial charge in [-0.3, -0.25) is 19.7 Å². The van der Waals surface area contributed by atoms with E-state index in [1.807, 2.05) is 0 Å². The zero-order chi connectivity index (χ0) is 21.4. The van der Waals surface area contributed by atoms with Crippen LogP contribution in [0.2, 0.25) is 0 Å². The van der Waals surface area contributed by atoms with Crippen molar-refractivity contribution in [1.29, 1.82) is 0 Å². The first kappa shape index (κ1) is 19.6. The van der Waals surface area contributed by atoms with Crippen LogP contribution in [-0.2, 0) is 4.74 Å². The van der Waals surface area contributed by atoms with Gasteiger partial charge >= 0.3 is 0 Å². The van der Waals surface area contributed by atoms with Crippen LogP contribution in [-0.4, -0.2) is 57.3 Å². The highest BCUT2D eigenvalue weighted by Crippen LogP contribution is 2.39. The number of nitrogens with zero attached hydrogens (tertiary/aromatic N) is 3. The molecule has 2 heterocycles. The van der Waals surface area contributed by atoms with Crippen molar-refractivity contribution in [3.05, 3.63) is 51.6 Å². The third-order valence-electron chi connectivity index (χ3n) is 5.12. The molecule has 0 bridgehead atoms. The number of amides is 2. The average Bonchev–Trinajstić information content (AvgIpc) is 3.02. The molecule has 156 valence electrons. The number of methoxy groups -OCH3 is 2. The number of anilines is 2. The van der Waals surface area contributed by atoms with Gasteiger partial charge in [-0.1, -0.05) is 0 Å². The fourth-order valence-electron chi connectivity index (χ4n) is 3.62. The molecule has 2 amide bonds. The Kier molecular flexibility index (Phi) is 5.00. The van der Waals surface area contributed by atoms with Gasteiger partial charge in [0.05, 0.1) is 49.2 Å². The Morgan fingerprint density at radius 1 is 0.933 bits per heavy atom. The van der Waals surface area contributed by atoms with Crippen molar-refractivity contribution >= 4 is 28.9 Å². The Hall–Kier alpha value is -3.66. The maximum Gasteiger partial charge on any atom is 0.293 e. The molecule has 10 heteroatoms. The van der Waals surface area contributed by atoms with Crippen LogP contribution in [0.5, 0.6) is 11.5 Å². The molecular weight excluding hydrogens is 394 g/mol. The molecule has 2 aromatic rings. The Balaban J connectivity index is 1.81. The van der Waals surface area contributed by atoms with E-state index in [1.54, 1.807) is 11.0 Å². The quantitative estimate of drug-likeness (QED) is 0.417. The van der Waals surface area contributed by atoms with E-state index in [0.29, 0.717) is 43.5 Å². The number of rotatable bonds is 5. The third kappa shape index (κ3) is 3.20. The highest BCUT2D eigenvalue weighted by Gasteiger charge is 2.40. The van der Waals surface area contributed by atoms with Gasteiger partial charge in [-0.25, -0.2) is 4.90 Å². The highest BCUT2D eigenvalue weighted by atomic mass is 16.6. The van der Waals surface area contributed by atoms with Crippen molar-refractivity contribution in [2.75, 3.05) is 50.3 Å². The number of carbonyl (C=O) groups is 2. The second-order valence-corrected chi connectivity index (χ2v) is 6.76. The summed E-state index contributed by atoms with van der Waals surface area (Å²) < 4.78 is 15.7. The van der Waals surface area contributed by atoms with Gasteiger partial charge in [0.1, 0.15) is 17.2 Å². The van der Waals surface area contributed by atoms with E-state index in [9.17, 15) is 19.7 Å². The number of morpholine rings is 1. The van der Waals surface area contributed by atoms with E-state index in [1.165, 1.54) is 38.5 Å². The minimum Gasteiger partial charge on any atom is -0.497 e. The first-order valence-electron chi connectivity index (χ1n) is 9.21. The largest absolute Gasteiger partial charge is 0.497 e. The Morgan fingerprint density at radius 2 is 1.50 bits per heavy atom. The number of fused-ring (bicyclic) bond motifs is 1. The molecule has 2 aliphatic heterocycles. The summed E-state index contributed by atoms with van der Waals surface area (Å²) in [5.74, 6) is -0.390. The molecule has 0 N–H and O–H groups in total. The fourth-order valence-corrected chi connectivity index (χ4v) is 3.62. The van der Waals surface area contributed by atoms with Crippen LogP contribution < -0.4 is 19.3 Å². The molecule has 4 rings (SSSR count). The SMILES string of the molecule is COc1cc(OC)cc(N2C(=O)c3cc(N4CCOCC4)c([N+](=O)[O-])cc3C2=O)c1. The van der Waals surface area contributed by atoms with Gasteiger partial charge in [0.15, 0.2) is 0 Å². The van der Waals surface area contributed by atoms with Gasteiger partial charge < -0.3 is 19.1 Å². The Labute approximate surface area is 171 Å². The van der Waals surface area contributed by atoms with Gasteiger partial charge in [-0.2, -0.15) is 0 Å². The normalized spacial score (nSPS) is 15.9. The van der Waals surface area contributed by atoms with E-state index < -0.39 is 16.7 Å². The van der Waals surface area contributed by atoms with E-state index >= 15 is 0 Å². The molecule has 0 atom stereocenters. The number of carbonyl (C=O) groups excluding carboxylic acids is 2. The van der Waals surface area contributed by atoms with Crippen molar-refractivity contribution in [2.45, 2.75) is 0 Å². The predicted octanol–water partition coefficient (Wildman–Crippen LogP) is 2.25. The van der Waals surface area contributed by atoms with E-state index in [0.717, 1.165) is 4.90 Å². The summed E-state index contributed by atoms with van der Waals surface area (Å²) in [5.41, 5.74) is 0.447. The lowest BCUT2D eigenvalue weighted by molar-refractivity contribution is -0.384. The summed E-state index contributed by atoms with van der Waals surface area (Å²) in [6.07, 6.45) is 0. The summed E-state index contributed by atoms with van der Waals surface area (Å²) in [4.78, 5) is 40.1. The number of benzene rings is 2. The zero-order valence-corrected chi connectivity index (χ0v) is 16.4. The predicted molar refractivity (Wildman–Crippen MR) is 107 cm³/mol. The Morgan fingerprint density at radius 3 is 2.03 bits per heavy atom. The van der Waals surface area contributed by atoms with Crippen LogP contribution in [0.1, 0.15) is 20.7 Å². The number of ether oxygens (including phenoxy) is 3. The summed E-state index contributed by atoms with van der Waals surface area (Å²) in [5, 5.41) is 11.7. The van der Waals surface area contributed by atoms with Gasteiger partial charge in [0, 0.05) is 37.4 Å². The van der Waals surface area contributed by atoms with Crippen LogP contribution in [0, 0.1) is 10.1 Å². The zero-order valence-electron chi connectivity index (χ0n) is 16.4. The number of nitro benzene ring substituents is 1. The first-order chi connectivity index (χ1) is 14.4. The lowest BCUT2D eigenvalue weighted by atomic mass is 10.1. The molecule has 0 aromatic heterocycles. The van der Waals surface area contributed by atoms with E-state index in [-0.39, 0.29) is 22.5 Å². The second-order valence-electron chi connectivity index (χ2n) is 6.76. The van der Waals surface area contributed by atoms with Crippen LogP contribution in [0.4, 0.5) is 17.1 Å². The molecule has 0 unspecified atom stereocenters. The number of imide groups is 1. The number of hydrogen-bond donors (Lipinski definition) is 0. The number of nitro groups is 1. The summed E-state index contributed by atoms with van der Waals surface area (Å²) in [6.45, 7) is 1.77. The Bertz CT molecular complexity index is 1020. The van der Waals surface area contributed by atoms with Crippen LogP contribution >= 0.6 is 0 Å². The highest BCUT2D eigenvalue weighted by molar-refractivity contribution is 6.35. The maximum atomic E-state index is 13.1. The van der Waals surface area contributed by atoms with E-state index in [4.69, 9.17) is 14.2 Å². The molecular formula is C20H19N3O7. The molecule has 0 aliphatic carbocycles. The molecule has 30 heavy (non-hydrogen) atoms. The van der Waals surface area contributed by atoms with Crippen LogP contribution in [0.15, 0.2) is 30.3 Å². The minimum absolute atomic E-state index is 0.00880. The minimum atomic E-state index is -0.637. The summed E-state index contributed by atoms with van der Waals surface area (Å²) in [7, 11) is 2.91. The van der Waals surface area contributed by atoms with Crippen molar-refractivity contribution in [2.24, 2.45) is 0 Å². The average molecular weight is 413 g/mol. The van der Waals surface area contributed by atoms with Gasteiger partial charge in [0.25, 0.3) is 17.5 Å². The lowest BCUT2D eigenvalue weighted by Crippen LogP contribution is -2.36. The molecule has 0 spiro atoms. The smallest absolute Gasteiger partial charge is 0.293 e. The second kappa shape index (κ2) is 7.64. The van der Waals surface area contributed by atoms with Gasteiger partial charge in [-0.15, -0.1) is 0 Å². The third-order valence-corrected chi connectivity index (χ3v) is 5.12. The van der Waals surface area contributed by atoms with Crippen molar-refractivity contribution in [3.8, 4) is 11.5 Å². The molecule has 2 aromatic carbocycles. The van der Waals surface area contributed by atoms with Crippen LogP contribution in [0.3, 0.4) is 0 Å². The maximum absolute atomic E-state index is 13.1. The van der Waals surface area contributed by atoms with Crippen molar-refractivity contribution in [1.82, 2.24) is 0 Å². The molecule has 1 saturated heterocycles. The topological polar surface area (TPSA) is 111 Å². The summed E-state index contributed by atoms with van der Waals surface area (Å²) in [6, 6.07) is 7.28. The van der Waals surface area contributed by atoms with Gasteiger partial charge in [0.2, 0.25) is 0 Å².